The van der Waals surface area contributed by atoms with Gasteiger partial charge in [-0.2, -0.15) is 0 Å². The average molecular weight is 264 g/mol. The lowest BCUT2D eigenvalue weighted by Gasteiger charge is -2.06. The van der Waals surface area contributed by atoms with Crippen molar-refractivity contribution in [1.29, 1.82) is 0 Å². The number of ether oxygens (including phenoxy) is 1. The number of carboxylic acid groups (broad SMARTS) is 1. The maximum atomic E-state index is 11.6. The van der Waals surface area contributed by atoms with E-state index in [-0.39, 0.29) is 0 Å². The quantitative estimate of drug-likeness (QED) is 0.667. The van der Waals surface area contributed by atoms with E-state index in [2.05, 4.69) is 0 Å². The van der Waals surface area contributed by atoms with Crippen LogP contribution in [-0.2, 0) is 4.79 Å². The van der Waals surface area contributed by atoms with Crippen molar-refractivity contribution in [3.8, 4) is 5.75 Å². The fourth-order valence-electron chi connectivity index (χ4n) is 1.59. The topological polar surface area (TPSA) is 76.7 Å². The van der Waals surface area contributed by atoms with Crippen molar-refractivity contribution >= 4 is 11.5 Å². The molecule has 5 heteroatoms. The van der Waals surface area contributed by atoms with Crippen molar-refractivity contribution < 1.29 is 19.1 Å². The number of carbonyl (C=O) groups is 1. The third-order valence-electron chi connectivity index (χ3n) is 2.54. The van der Waals surface area contributed by atoms with E-state index in [1.807, 2.05) is 0 Å². The van der Waals surface area contributed by atoms with E-state index in [0.717, 1.165) is 6.08 Å². The molecule has 19 heavy (non-hydrogen) atoms. The van der Waals surface area contributed by atoms with Gasteiger partial charge >= 0.3 is 11.6 Å². The highest BCUT2D eigenvalue weighted by molar-refractivity contribution is 5.82. The molecule has 0 saturated heterocycles. The van der Waals surface area contributed by atoms with Gasteiger partial charge in [0.2, 0.25) is 0 Å². The second kappa shape index (κ2) is 6.04. The van der Waals surface area contributed by atoms with E-state index in [1.54, 1.807) is 32.9 Å². The standard InChI is InChI=1S/C14H16O5/c1-8(6-13(15)16)5-9(2)11-7-12(18-4)10(3)14(17)19-11/h5-7H,1-4H3,(H,15,16). The van der Waals surface area contributed by atoms with Gasteiger partial charge in [-0.25, -0.2) is 9.59 Å². The highest BCUT2D eigenvalue weighted by atomic mass is 16.5. The summed E-state index contributed by atoms with van der Waals surface area (Å²) in [6.45, 7) is 5.00. The predicted octanol–water partition coefficient (Wildman–Crippen LogP) is 2.39. The molecule has 1 rings (SSSR count). The Balaban J connectivity index is 3.24. The van der Waals surface area contributed by atoms with E-state index in [1.165, 1.54) is 7.11 Å². The zero-order chi connectivity index (χ0) is 14.6. The maximum Gasteiger partial charge on any atom is 0.342 e. The van der Waals surface area contributed by atoms with Gasteiger partial charge in [0.05, 0.1) is 12.7 Å². The summed E-state index contributed by atoms with van der Waals surface area (Å²) in [5, 5.41) is 8.63. The van der Waals surface area contributed by atoms with Crippen molar-refractivity contribution in [3.63, 3.8) is 0 Å². The summed E-state index contributed by atoms with van der Waals surface area (Å²) in [5.74, 6) is -0.228. The molecule has 0 amide bonds. The molecule has 0 atom stereocenters. The minimum Gasteiger partial charge on any atom is -0.496 e. The first-order chi connectivity index (χ1) is 8.85. The molecule has 1 heterocycles. The van der Waals surface area contributed by atoms with Crippen LogP contribution in [0.25, 0.3) is 5.57 Å². The van der Waals surface area contributed by atoms with Gasteiger partial charge in [0.25, 0.3) is 0 Å². The molecule has 0 spiro atoms. The van der Waals surface area contributed by atoms with E-state index < -0.39 is 11.6 Å². The third kappa shape index (κ3) is 3.84. The van der Waals surface area contributed by atoms with Crippen LogP contribution in [0.1, 0.15) is 25.2 Å². The van der Waals surface area contributed by atoms with Gasteiger partial charge in [-0.1, -0.05) is 6.08 Å². The molecule has 0 aliphatic heterocycles. The summed E-state index contributed by atoms with van der Waals surface area (Å²) in [6.07, 6.45) is 2.70. The van der Waals surface area contributed by atoms with Crippen molar-refractivity contribution in [1.82, 2.24) is 0 Å². The largest absolute Gasteiger partial charge is 0.496 e. The molecule has 0 fully saturated rings. The second-order valence-electron chi connectivity index (χ2n) is 4.15. The Kier molecular flexibility index (Phi) is 4.69. The number of carboxylic acids is 1. The van der Waals surface area contributed by atoms with Gasteiger partial charge in [-0.15, -0.1) is 0 Å². The van der Waals surface area contributed by atoms with Crippen LogP contribution >= 0.6 is 0 Å². The highest BCUT2D eigenvalue weighted by Crippen LogP contribution is 2.21. The van der Waals surface area contributed by atoms with Crippen molar-refractivity contribution in [2.75, 3.05) is 7.11 Å². The summed E-state index contributed by atoms with van der Waals surface area (Å²) in [4.78, 5) is 22.1. The summed E-state index contributed by atoms with van der Waals surface area (Å²) in [5.41, 5.74) is 1.12. The van der Waals surface area contributed by atoms with Gasteiger partial charge in [0, 0.05) is 12.1 Å². The first kappa shape index (κ1) is 14.8. The highest BCUT2D eigenvalue weighted by Gasteiger charge is 2.09. The second-order valence-corrected chi connectivity index (χ2v) is 4.15. The molecule has 0 bridgehead atoms. The number of methoxy groups -OCH3 is 1. The Morgan fingerprint density at radius 1 is 1.37 bits per heavy atom. The van der Waals surface area contributed by atoms with Gasteiger partial charge in [0.15, 0.2) is 0 Å². The molecule has 0 unspecified atom stereocenters. The lowest BCUT2D eigenvalue weighted by Crippen LogP contribution is -2.06. The number of allylic oxidation sites excluding steroid dienone is 3. The SMILES string of the molecule is COc1cc(C(C)=CC(C)=CC(=O)O)oc(=O)c1C. The summed E-state index contributed by atoms with van der Waals surface area (Å²) in [7, 11) is 1.47. The van der Waals surface area contributed by atoms with Gasteiger partial charge in [-0.05, 0) is 31.9 Å². The van der Waals surface area contributed by atoms with Gasteiger partial charge in [-0.3, -0.25) is 0 Å². The Morgan fingerprint density at radius 2 is 2.00 bits per heavy atom. The Bertz CT molecular complexity index is 605. The molecule has 5 nitrogen and oxygen atoms in total. The van der Waals surface area contributed by atoms with Crippen LogP contribution in [0.15, 0.2) is 33.0 Å². The van der Waals surface area contributed by atoms with Crippen LogP contribution in [0.4, 0.5) is 0 Å². The minimum absolute atomic E-state index is 0.352. The molecule has 1 N–H and O–H groups in total. The predicted molar refractivity (Wildman–Crippen MR) is 71.3 cm³/mol. The Morgan fingerprint density at radius 3 is 2.53 bits per heavy atom. The monoisotopic (exact) mass is 264 g/mol. The van der Waals surface area contributed by atoms with E-state index in [0.29, 0.717) is 28.2 Å². The number of rotatable bonds is 4. The van der Waals surface area contributed by atoms with Crippen LogP contribution < -0.4 is 10.4 Å². The summed E-state index contributed by atoms with van der Waals surface area (Å²) >= 11 is 0. The van der Waals surface area contributed by atoms with Crippen molar-refractivity contribution in [2.45, 2.75) is 20.8 Å². The van der Waals surface area contributed by atoms with E-state index >= 15 is 0 Å². The van der Waals surface area contributed by atoms with Crippen LogP contribution in [0.3, 0.4) is 0 Å². The summed E-state index contributed by atoms with van der Waals surface area (Å²) in [6, 6.07) is 1.61. The Labute approximate surface area is 110 Å². The van der Waals surface area contributed by atoms with Crippen molar-refractivity contribution in [2.24, 2.45) is 0 Å². The molecule has 0 radical (unpaired) electrons. The molecular formula is C14H16O5. The van der Waals surface area contributed by atoms with Crippen LogP contribution in [0, 0.1) is 6.92 Å². The maximum absolute atomic E-state index is 11.6. The first-order valence-electron chi connectivity index (χ1n) is 5.63. The van der Waals surface area contributed by atoms with E-state index in [9.17, 15) is 9.59 Å². The fourth-order valence-corrected chi connectivity index (χ4v) is 1.59. The van der Waals surface area contributed by atoms with Gasteiger partial charge < -0.3 is 14.3 Å². The smallest absolute Gasteiger partial charge is 0.342 e. The third-order valence-corrected chi connectivity index (χ3v) is 2.54. The molecule has 102 valence electrons. The van der Waals surface area contributed by atoms with E-state index in [4.69, 9.17) is 14.3 Å². The fraction of sp³-hybridized carbons (Fsp3) is 0.286. The average Bonchev–Trinajstić information content (AvgIpc) is 2.31. The zero-order valence-electron chi connectivity index (χ0n) is 11.3. The van der Waals surface area contributed by atoms with Gasteiger partial charge in [0.1, 0.15) is 11.5 Å². The number of hydrogen-bond donors (Lipinski definition) is 1. The first-order valence-corrected chi connectivity index (χ1v) is 5.63. The lowest BCUT2D eigenvalue weighted by atomic mass is 10.1. The molecule has 1 aromatic rings. The minimum atomic E-state index is -1.02. The number of hydrogen-bond acceptors (Lipinski definition) is 4. The zero-order valence-corrected chi connectivity index (χ0v) is 11.3. The normalized spacial score (nSPS) is 12.4. The van der Waals surface area contributed by atoms with Crippen LogP contribution in [0.2, 0.25) is 0 Å². The van der Waals surface area contributed by atoms with Crippen LogP contribution in [-0.4, -0.2) is 18.2 Å². The Hall–Kier alpha value is -2.30. The summed E-state index contributed by atoms with van der Waals surface area (Å²) < 4.78 is 10.2. The lowest BCUT2D eigenvalue weighted by molar-refractivity contribution is -0.131. The molecule has 0 aliphatic carbocycles. The molecule has 0 aliphatic rings. The molecular weight excluding hydrogens is 248 g/mol. The molecule has 0 saturated carbocycles. The molecule has 0 aromatic carbocycles. The molecule has 1 aromatic heterocycles. The van der Waals surface area contributed by atoms with Crippen LogP contribution in [0.5, 0.6) is 5.75 Å². The van der Waals surface area contributed by atoms with Crippen molar-refractivity contribution in [3.05, 3.63) is 45.5 Å². The number of aliphatic carboxylic acids is 1.